The van der Waals surface area contributed by atoms with Crippen molar-refractivity contribution < 1.29 is 14.0 Å². The Morgan fingerprint density at radius 1 is 1.12 bits per heavy atom. The molecule has 8 heteroatoms. The van der Waals surface area contributed by atoms with Crippen LogP contribution in [-0.4, -0.2) is 28.3 Å². The summed E-state index contributed by atoms with van der Waals surface area (Å²) in [4.78, 5) is 31.9. The molecule has 0 aliphatic heterocycles. The summed E-state index contributed by atoms with van der Waals surface area (Å²) in [6, 6.07) is 4.48. The van der Waals surface area contributed by atoms with Crippen molar-refractivity contribution in [2.24, 2.45) is 0 Å². The molecule has 2 amide bonds. The fourth-order valence-corrected chi connectivity index (χ4v) is 2.34. The number of nitrogen functional groups attached to an aromatic ring is 1. The molecule has 0 unspecified atom stereocenters. The zero-order valence-electron chi connectivity index (χ0n) is 14.3. The third kappa shape index (κ3) is 4.97. The first-order valence-electron chi connectivity index (χ1n) is 7.68. The van der Waals surface area contributed by atoms with Crippen LogP contribution in [0, 0.1) is 26.6 Å². The Labute approximate surface area is 144 Å². The maximum absolute atomic E-state index is 13.7. The largest absolute Gasteiger partial charge is 0.368 e. The van der Waals surface area contributed by atoms with Crippen molar-refractivity contribution in [3.05, 3.63) is 46.5 Å². The van der Waals surface area contributed by atoms with Crippen LogP contribution >= 0.6 is 0 Å². The zero-order chi connectivity index (χ0) is 18.6. The fraction of sp³-hybridized carbons (Fsp3) is 0.294. The molecule has 1 heterocycles. The number of carbonyl (C=O) groups excluding carboxylic acids is 2. The Morgan fingerprint density at radius 2 is 1.76 bits per heavy atom. The molecule has 1 aromatic carbocycles. The summed E-state index contributed by atoms with van der Waals surface area (Å²) in [6.45, 7) is 4.96. The summed E-state index contributed by atoms with van der Waals surface area (Å²) in [5, 5.41) is 4.91. The number of hydrogen-bond acceptors (Lipinski definition) is 5. The number of aryl methyl sites for hydroxylation is 3. The molecule has 0 radical (unpaired) electrons. The lowest BCUT2D eigenvalue weighted by atomic mass is 10.1. The van der Waals surface area contributed by atoms with Gasteiger partial charge in [0.2, 0.25) is 17.8 Å². The van der Waals surface area contributed by atoms with E-state index >= 15 is 0 Å². The molecule has 0 saturated carbocycles. The van der Waals surface area contributed by atoms with Crippen LogP contribution in [0.4, 0.5) is 16.0 Å². The minimum absolute atomic E-state index is 0.0319. The number of carbonyl (C=O) groups is 2. The number of nitrogens with one attached hydrogen (secondary N) is 2. The predicted octanol–water partition coefficient (Wildman–Crippen LogP) is 1.42. The van der Waals surface area contributed by atoms with E-state index in [0.717, 1.165) is 5.56 Å². The van der Waals surface area contributed by atoms with Gasteiger partial charge in [0.15, 0.2) is 0 Å². The van der Waals surface area contributed by atoms with Crippen molar-refractivity contribution in [1.29, 1.82) is 0 Å². The minimum Gasteiger partial charge on any atom is -0.368 e. The van der Waals surface area contributed by atoms with Gasteiger partial charge in [0, 0.05) is 17.0 Å². The van der Waals surface area contributed by atoms with Gasteiger partial charge in [-0.2, -0.15) is 0 Å². The molecule has 4 N–H and O–H groups in total. The molecule has 0 aliphatic carbocycles. The number of hydrogen-bond donors (Lipinski definition) is 3. The monoisotopic (exact) mass is 345 g/mol. The average Bonchev–Trinajstić information content (AvgIpc) is 2.51. The quantitative estimate of drug-likeness (QED) is 0.759. The molecule has 0 bridgehead atoms. The molecule has 132 valence electrons. The normalized spacial score (nSPS) is 10.4. The Bertz CT molecular complexity index is 800. The van der Waals surface area contributed by atoms with Crippen LogP contribution in [0.15, 0.2) is 18.2 Å². The highest BCUT2D eigenvalue weighted by atomic mass is 19.1. The van der Waals surface area contributed by atoms with E-state index in [-0.39, 0.29) is 30.5 Å². The van der Waals surface area contributed by atoms with Crippen LogP contribution in [0.3, 0.4) is 0 Å². The van der Waals surface area contributed by atoms with Gasteiger partial charge in [-0.25, -0.2) is 14.4 Å². The highest BCUT2D eigenvalue weighted by molar-refractivity contribution is 5.94. The van der Waals surface area contributed by atoms with Gasteiger partial charge >= 0.3 is 0 Å². The number of anilines is 2. The van der Waals surface area contributed by atoms with E-state index in [9.17, 15) is 14.0 Å². The van der Waals surface area contributed by atoms with Gasteiger partial charge in [-0.3, -0.25) is 9.59 Å². The average molecular weight is 345 g/mol. The third-order valence-corrected chi connectivity index (χ3v) is 3.62. The first kappa shape index (κ1) is 18.3. The molecule has 25 heavy (non-hydrogen) atoms. The van der Waals surface area contributed by atoms with Gasteiger partial charge in [-0.1, -0.05) is 6.07 Å². The maximum atomic E-state index is 13.7. The smallest absolute Gasteiger partial charge is 0.243 e. The predicted molar refractivity (Wildman–Crippen MR) is 92.4 cm³/mol. The van der Waals surface area contributed by atoms with Gasteiger partial charge in [-0.05, 0) is 38.5 Å². The Balaban J connectivity index is 1.90. The Morgan fingerprint density at radius 3 is 2.36 bits per heavy atom. The Hall–Kier alpha value is -3.03. The van der Waals surface area contributed by atoms with Gasteiger partial charge in [0.05, 0.1) is 18.7 Å². The van der Waals surface area contributed by atoms with Crippen molar-refractivity contribution in [3.63, 3.8) is 0 Å². The highest BCUT2D eigenvalue weighted by Gasteiger charge is 2.13. The van der Waals surface area contributed by atoms with Crippen LogP contribution in [0.1, 0.15) is 22.5 Å². The van der Waals surface area contributed by atoms with E-state index in [0.29, 0.717) is 17.0 Å². The second-order valence-electron chi connectivity index (χ2n) is 5.72. The van der Waals surface area contributed by atoms with Gasteiger partial charge in [0.1, 0.15) is 5.82 Å². The second-order valence-corrected chi connectivity index (χ2v) is 5.72. The molecule has 0 aliphatic rings. The number of nitrogens with zero attached hydrogens (tertiary/aromatic N) is 2. The van der Waals surface area contributed by atoms with E-state index in [1.807, 2.05) is 0 Å². The summed E-state index contributed by atoms with van der Waals surface area (Å²) < 4.78 is 13.7. The van der Waals surface area contributed by atoms with Crippen molar-refractivity contribution in [3.8, 4) is 0 Å². The lowest BCUT2D eigenvalue weighted by molar-refractivity contribution is -0.123. The molecular formula is C17H20FN5O2. The lowest BCUT2D eigenvalue weighted by Crippen LogP contribution is -2.34. The first-order valence-corrected chi connectivity index (χ1v) is 7.68. The van der Waals surface area contributed by atoms with Crippen molar-refractivity contribution in [2.45, 2.75) is 27.2 Å². The number of amides is 2. The van der Waals surface area contributed by atoms with Crippen LogP contribution in [0.5, 0.6) is 0 Å². The summed E-state index contributed by atoms with van der Waals surface area (Å²) in [5.74, 6) is -1.25. The van der Waals surface area contributed by atoms with Gasteiger partial charge in [0.25, 0.3) is 0 Å². The van der Waals surface area contributed by atoms with E-state index in [2.05, 4.69) is 20.6 Å². The SMILES string of the molecule is Cc1ccc(NC(=O)CNC(=O)Cc2c(C)nc(N)nc2C)c(F)c1. The number of aromatic nitrogens is 2. The molecular weight excluding hydrogens is 325 g/mol. The Kier molecular flexibility index (Phi) is 5.63. The maximum Gasteiger partial charge on any atom is 0.243 e. The molecule has 7 nitrogen and oxygen atoms in total. The molecule has 2 rings (SSSR count). The highest BCUT2D eigenvalue weighted by Crippen LogP contribution is 2.15. The van der Waals surface area contributed by atoms with E-state index in [1.165, 1.54) is 12.1 Å². The van der Waals surface area contributed by atoms with E-state index in [1.54, 1.807) is 26.8 Å². The van der Waals surface area contributed by atoms with Gasteiger partial charge < -0.3 is 16.4 Å². The number of nitrogens with two attached hydrogens (primary N) is 1. The number of benzene rings is 1. The van der Waals surface area contributed by atoms with Crippen LogP contribution in [-0.2, 0) is 16.0 Å². The third-order valence-electron chi connectivity index (χ3n) is 3.62. The molecule has 0 spiro atoms. The number of halogens is 1. The molecule has 0 atom stereocenters. The second kappa shape index (κ2) is 7.69. The molecule has 1 aromatic heterocycles. The van der Waals surface area contributed by atoms with Crippen LogP contribution in [0.25, 0.3) is 0 Å². The zero-order valence-corrected chi connectivity index (χ0v) is 14.3. The van der Waals surface area contributed by atoms with Gasteiger partial charge in [-0.15, -0.1) is 0 Å². The number of rotatable bonds is 5. The summed E-state index contributed by atoms with van der Waals surface area (Å²) in [7, 11) is 0. The van der Waals surface area contributed by atoms with Crippen molar-refractivity contribution in [1.82, 2.24) is 15.3 Å². The van der Waals surface area contributed by atoms with Crippen molar-refractivity contribution >= 4 is 23.5 Å². The lowest BCUT2D eigenvalue weighted by Gasteiger charge is -2.10. The minimum atomic E-state index is -0.523. The van der Waals surface area contributed by atoms with E-state index < -0.39 is 11.7 Å². The topological polar surface area (TPSA) is 110 Å². The van der Waals surface area contributed by atoms with Crippen molar-refractivity contribution in [2.75, 3.05) is 17.6 Å². The molecule has 0 fully saturated rings. The van der Waals surface area contributed by atoms with E-state index in [4.69, 9.17) is 5.73 Å². The molecule has 0 saturated heterocycles. The van der Waals surface area contributed by atoms with Crippen LogP contribution in [0.2, 0.25) is 0 Å². The van der Waals surface area contributed by atoms with Crippen LogP contribution < -0.4 is 16.4 Å². The standard InChI is InChI=1S/C17H20FN5O2/c1-9-4-5-14(13(18)6-9)23-16(25)8-20-15(24)7-12-10(2)21-17(19)22-11(12)3/h4-6H,7-8H2,1-3H3,(H,20,24)(H,23,25)(H2,19,21,22). The summed E-state index contributed by atoms with van der Waals surface area (Å²) in [5.41, 5.74) is 8.27. The first-order chi connectivity index (χ1) is 11.8. The summed E-state index contributed by atoms with van der Waals surface area (Å²) >= 11 is 0. The fourth-order valence-electron chi connectivity index (χ4n) is 2.34. The summed E-state index contributed by atoms with van der Waals surface area (Å²) in [6.07, 6.45) is 0.0319. The molecule has 2 aromatic rings.